The molecule has 0 aromatic rings. The van der Waals surface area contributed by atoms with E-state index in [1.54, 1.807) is 7.11 Å². The molecule has 1 rings (SSSR count). The molecule has 1 fully saturated rings. The first kappa shape index (κ1) is 15.4. The van der Waals surface area contributed by atoms with Gasteiger partial charge in [-0.15, -0.1) is 0 Å². The average Bonchev–Trinajstić information content (AvgIpc) is 2.37. The number of piperidine rings is 1. The molecule has 18 heavy (non-hydrogen) atoms. The number of carbonyl (C=O) groups excluding carboxylic acids is 1. The first-order valence-electron chi connectivity index (χ1n) is 6.79. The lowest BCUT2D eigenvalue weighted by Gasteiger charge is -2.33. The molecule has 1 saturated heterocycles. The first-order valence-corrected chi connectivity index (χ1v) is 6.79. The van der Waals surface area contributed by atoms with Gasteiger partial charge in [-0.1, -0.05) is 0 Å². The highest BCUT2D eigenvalue weighted by Crippen LogP contribution is 2.18. The number of carbonyl (C=O) groups is 1. The van der Waals surface area contributed by atoms with Crippen molar-refractivity contribution < 1.29 is 9.53 Å². The van der Waals surface area contributed by atoms with Crippen LogP contribution in [0.4, 0.5) is 0 Å². The second kappa shape index (κ2) is 7.71. The van der Waals surface area contributed by atoms with E-state index in [2.05, 4.69) is 15.5 Å². The Morgan fingerprint density at radius 2 is 2.22 bits per heavy atom. The third-order valence-corrected chi connectivity index (χ3v) is 3.58. The molecule has 0 aromatic carbocycles. The number of amides is 1. The maximum Gasteiger partial charge on any atom is 0.240 e. The molecule has 1 aliphatic rings. The maximum atomic E-state index is 12.1. The zero-order valence-corrected chi connectivity index (χ0v) is 11.9. The monoisotopic (exact) mass is 257 g/mol. The zero-order chi connectivity index (χ0) is 13.4. The molecule has 0 radical (unpaired) electrons. The van der Waals surface area contributed by atoms with Crippen LogP contribution in [-0.4, -0.2) is 63.3 Å². The van der Waals surface area contributed by atoms with E-state index in [0.717, 1.165) is 39.1 Å². The summed E-state index contributed by atoms with van der Waals surface area (Å²) < 4.78 is 5.01. The Balaban J connectivity index is 2.20. The Kier molecular flexibility index (Phi) is 6.60. The SMILES string of the molecule is COCCN(C)CCNC(=O)C1(C)CCCCN1. The Morgan fingerprint density at radius 1 is 1.44 bits per heavy atom. The Labute approximate surface area is 110 Å². The standard InChI is InChI=1S/C13H27N3O2/c1-13(6-4-5-7-15-13)12(17)14-8-9-16(2)10-11-18-3/h15H,4-11H2,1-3H3,(H,14,17). The van der Waals surface area contributed by atoms with Gasteiger partial charge in [0.25, 0.3) is 0 Å². The third-order valence-electron chi connectivity index (χ3n) is 3.58. The molecule has 1 amide bonds. The molecule has 1 aliphatic heterocycles. The van der Waals surface area contributed by atoms with Gasteiger partial charge in [-0.05, 0) is 39.8 Å². The molecule has 1 heterocycles. The van der Waals surface area contributed by atoms with Crippen molar-refractivity contribution in [2.24, 2.45) is 0 Å². The highest BCUT2D eigenvalue weighted by Gasteiger charge is 2.33. The summed E-state index contributed by atoms with van der Waals surface area (Å²) in [6.07, 6.45) is 3.23. The van der Waals surface area contributed by atoms with Gasteiger partial charge in [0, 0.05) is 26.7 Å². The fraction of sp³-hybridized carbons (Fsp3) is 0.923. The zero-order valence-electron chi connectivity index (χ0n) is 11.9. The molecule has 0 aliphatic carbocycles. The highest BCUT2D eigenvalue weighted by atomic mass is 16.5. The quantitative estimate of drug-likeness (QED) is 0.685. The molecule has 0 spiro atoms. The molecule has 0 aromatic heterocycles. The number of methoxy groups -OCH3 is 1. The van der Waals surface area contributed by atoms with E-state index >= 15 is 0 Å². The first-order chi connectivity index (χ1) is 8.58. The Bertz CT molecular complexity index is 253. The summed E-state index contributed by atoms with van der Waals surface area (Å²) >= 11 is 0. The number of nitrogens with one attached hydrogen (secondary N) is 2. The van der Waals surface area contributed by atoms with Crippen LogP contribution in [0.5, 0.6) is 0 Å². The minimum absolute atomic E-state index is 0.127. The molecule has 5 nitrogen and oxygen atoms in total. The fourth-order valence-corrected chi connectivity index (χ4v) is 2.16. The van der Waals surface area contributed by atoms with Crippen LogP contribution in [0.3, 0.4) is 0 Å². The van der Waals surface area contributed by atoms with Gasteiger partial charge in [-0.25, -0.2) is 0 Å². The second-order valence-electron chi connectivity index (χ2n) is 5.27. The van der Waals surface area contributed by atoms with Crippen LogP contribution >= 0.6 is 0 Å². The summed E-state index contributed by atoms with van der Waals surface area (Å²) in [5.41, 5.74) is -0.372. The third kappa shape index (κ3) is 4.92. The molecule has 1 atom stereocenters. The average molecular weight is 257 g/mol. The van der Waals surface area contributed by atoms with E-state index < -0.39 is 0 Å². The van der Waals surface area contributed by atoms with Crippen molar-refractivity contribution in [1.29, 1.82) is 0 Å². The van der Waals surface area contributed by atoms with Gasteiger partial charge in [-0.2, -0.15) is 0 Å². The van der Waals surface area contributed by atoms with E-state index in [1.807, 2.05) is 14.0 Å². The molecule has 106 valence electrons. The van der Waals surface area contributed by atoms with E-state index in [4.69, 9.17) is 4.74 Å². The van der Waals surface area contributed by atoms with Crippen LogP contribution in [0.25, 0.3) is 0 Å². The number of hydrogen-bond donors (Lipinski definition) is 2. The van der Waals surface area contributed by atoms with Gasteiger partial charge in [0.05, 0.1) is 12.1 Å². The van der Waals surface area contributed by atoms with Crippen molar-refractivity contribution in [1.82, 2.24) is 15.5 Å². The van der Waals surface area contributed by atoms with Crippen LogP contribution in [0.15, 0.2) is 0 Å². The molecule has 1 unspecified atom stereocenters. The molecular formula is C13H27N3O2. The fourth-order valence-electron chi connectivity index (χ4n) is 2.16. The van der Waals surface area contributed by atoms with Gasteiger partial charge < -0.3 is 20.3 Å². The van der Waals surface area contributed by atoms with Crippen LogP contribution in [0, 0.1) is 0 Å². The summed E-state index contributed by atoms with van der Waals surface area (Å²) in [5, 5.41) is 6.34. The summed E-state index contributed by atoms with van der Waals surface area (Å²) in [6.45, 7) is 6.10. The van der Waals surface area contributed by atoms with E-state index in [1.165, 1.54) is 6.42 Å². The van der Waals surface area contributed by atoms with Gasteiger partial charge in [0.1, 0.15) is 0 Å². The van der Waals surface area contributed by atoms with Crippen LogP contribution in [0.1, 0.15) is 26.2 Å². The van der Waals surface area contributed by atoms with Gasteiger partial charge >= 0.3 is 0 Å². The van der Waals surface area contributed by atoms with Gasteiger partial charge in [-0.3, -0.25) is 4.79 Å². The summed E-state index contributed by atoms with van der Waals surface area (Å²) in [6, 6.07) is 0. The topological polar surface area (TPSA) is 53.6 Å². The second-order valence-corrected chi connectivity index (χ2v) is 5.27. The number of ether oxygens (including phenoxy) is 1. The number of rotatable bonds is 7. The van der Waals surface area contributed by atoms with Crippen LogP contribution < -0.4 is 10.6 Å². The Morgan fingerprint density at radius 3 is 2.83 bits per heavy atom. The van der Waals surface area contributed by atoms with Crippen molar-refractivity contribution in [2.75, 3.05) is 46.9 Å². The van der Waals surface area contributed by atoms with Crippen molar-refractivity contribution in [3.05, 3.63) is 0 Å². The van der Waals surface area contributed by atoms with Crippen molar-refractivity contribution in [3.8, 4) is 0 Å². The largest absolute Gasteiger partial charge is 0.383 e. The predicted octanol–water partition coefficient (Wildman–Crippen LogP) is 0.213. The van der Waals surface area contributed by atoms with Crippen LogP contribution in [0.2, 0.25) is 0 Å². The number of hydrogen-bond acceptors (Lipinski definition) is 4. The Hall–Kier alpha value is -0.650. The normalized spacial score (nSPS) is 24.2. The summed E-state index contributed by atoms with van der Waals surface area (Å²) in [7, 11) is 3.73. The highest BCUT2D eigenvalue weighted by molar-refractivity contribution is 5.85. The van der Waals surface area contributed by atoms with Crippen LogP contribution in [-0.2, 0) is 9.53 Å². The molecule has 5 heteroatoms. The predicted molar refractivity (Wildman–Crippen MR) is 72.6 cm³/mol. The molecule has 0 bridgehead atoms. The summed E-state index contributed by atoms with van der Waals surface area (Å²) in [5.74, 6) is 0.127. The van der Waals surface area contributed by atoms with Crippen molar-refractivity contribution in [3.63, 3.8) is 0 Å². The van der Waals surface area contributed by atoms with Crippen molar-refractivity contribution in [2.45, 2.75) is 31.7 Å². The smallest absolute Gasteiger partial charge is 0.240 e. The van der Waals surface area contributed by atoms with Gasteiger partial charge in [0.15, 0.2) is 0 Å². The van der Waals surface area contributed by atoms with Crippen molar-refractivity contribution >= 4 is 5.91 Å². The molecule has 0 saturated carbocycles. The van der Waals surface area contributed by atoms with Gasteiger partial charge in [0.2, 0.25) is 5.91 Å². The van der Waals surface area contributed by atoms with E-state index in [0.29, 0.717) is 6.54 Å². The summed E-state index contributed by atoms with van der Waals surface area (Å²) in [4.78, 5) is 14.3. The maximum absolute atomic E-state index is 12.1. The van der Waals surface area contributed by atoms with E-state index in [-0.39, 0.29) is 11.4 Å². The number of likely N-dealkylation sites (N-methyl/N-ethyl adjacent to an activating group) is 1. The lowest BCUT2D eigenvalue weighted by Crippen LogP contribution is -2.57. The lowest BCUT2D eigenvalue weighted by atomic mass is 9.90. The molecular weight excluding hydrogens is 230 g/mol. The minimum Gasteiger partial charge on any atom is -0.383 e. The molecule has 2 N–H and O–H groups in total. The minimum atomic E-state index is -0.372. The number of nitrogens with zero attached hydrogens (tertiary/aromatic N) is 1. The van der Waals surface area contributed by atoms with E-state index in [9.17, 15) is 4.79 Å². The lowest BCUT2D eigenvalue weighted by molar-refractivity contribution is -0.127.